The zero-order valence-electron chi connectivity index (χ0n) is 13.6. The van der Waals surface area contributed by atoms with Gasteiger partial charge in [0, 0.05) is 11.9 Å². The Morgan fingerprint density at radius 3 is 2.50 bits per heavy atom. The molecule has 2 aromatic rings. The number of nitrogens with two attached hydrogens (primary N) is 1. The molecule has 9 heteroatoms. The number of carbonyl (C=O) groups is 1. The summed E-state index contributed by atoms with van der Waals surface area (Å²) in [5.41, 5.74) is -0.0154. The van der Waals surface area contributed by atoms with Crippen molar-refractivity contribution in [3.05, 3.63) is 60.2 Å². The molecule has 2 aromatic carbocycles. The first-order chi connectivity index (χ1) is 12.3. The van der Waals surface area contributed by atoms with Gasteiger partial charge in [-0.15, -0.1) is 0 Å². The molecule has 0 unspecified atom stereocenters. The maximum atomic E-state index is 12.0. The number of carboxylic acid groups (broad SMARTS) is 1. The molecule has 0 amide bonds. The number of primary sulfonamides is 1. The molecule has 0 saturated heterocycles. The Bertz CT molecular complexity index is 914. The molecule has 0 radical (unpaired) electrons. The molecule has 2 rings (SSSR count). The highest BCUT2D eigenvalue weighted by Crippen LogP contribution is 2.37. The average Bonchev–Trinajstić information content (AvgIpc) is 2.59. The van der Waals surface area contributed by atoms with Crippen LogP contribution in [-0.4, -0.2) is 31.4 Å². The summed E-state index contributed by atoms with van der Waals surface area (Å²) in [5, 5.41) is 18.2. The largest absolute Gasteiger partial charge is 0.478 e. The summed E-state index contributed by atoms with van der Waals surface area (Å²) in [7, 11) is -4.22. The van der Waals surface area contributed by atoms with Gasteiger partial charge in [-0.25, -0.2) is 18.4 Å². The number of para-hydroxylation sites is 1. The summed E-state index contributed by atoms with van der Waals surface area (Å²) >= 11 is 3.25. The molecular formula is C17H17BrN2O5S. The molecule has 0 heterocycles. The third kappa shape index (κ3) is 5.32. The number of ether oxygens (including phenoxy) is 1. The number of benzene rings is 2. The van der Waals surface area contributed by atoms with Crippen molar-refractivity contribution in [1.82, 2.24) is 0 Å². The van der Waals surface area contributed by atoms with Gasteiger partial charge in [0.2, 0.25) is 10.0 Å². The highest BCUT2D eigenvalue weighted by molar-refractivity contribution is 9.09. The number of carboxylic acids is 1. The van der Waals surface area contributed by atoms with E-state index in [2.05, 4.69) is 21.2 Å². The van der Waals surface area contributed by atoms with Crippen LogP contribution in [0.3, 0.4) is 0 Å². The molecule has 4 N–H and O–H groups in total. The highest BCUT2D eigenvalue weighted by Gasteiger charge is 2.23. The van der Waals surface area contributed by atoms with Crippen LogP contribution < -0.4 is 15.2 Å². The lowest BCUT2D eigenvalue weighted by Crippen LogP contribution is -2.16. The van der Waals surface area contributed by atoms with Gasteiger partial charge in [0.1, 0.15) is 10.6 Å². The summed E-state index contributed by atoms with van der Waals surface area (Å²) < 4.78 is 29.7. The minimum atomic E-state index is -4.22. The van der Waals surface area contributed by atoms with Gasteiger partial charge in [-0.2, -0.15) is 0 Å². The number of sulfonamides is 1. The summed E-state index contributed by atoms with van der Waals surface area (Å²) in [6.07, 6.45) is 3.64. The van der Waals surface area contributed by atoms with Crippen molar-refractivity contribution in [2.24, 2.45) is 5.14 Å². The maximum absolute atomic E-state index is 12.0. The Hall–Kier alpha value is -2.36. The van der Waals surface area contributed by atoms with Crippen molar-refractivity contribution in [2.75, 3.05) is 17.2 Å². The lowest BCUT2D eigenvalue weighted by atomic mass is 10.2. The monoisotopic (exact) mass is 440 g/mol. The normalized spacial score (nSPS) is 11.5. The van der Waals surface area contributed by atoms with Gasteiger partial charge < -0.3 is 15.2 Å². The van der Waals surface area contributed by atoms with Crippen LogP contribution in [0.1, 0.15) is 10.4 Å². The van der Waals surface area contributed by atoms with E-state index in [1.165, 1.54) is 6.07 Å². The second-order valence-electron chi connectivity index (χ2n) is 5.12. The Morgan fingerprint density at radius 1 is 1.23 bits per heavy atom. The molecule has 7 nitrogen and oxygen atoms in total. The van der Waals surface area contributed by atoms with E-state index in [1.807, 2.05) is 6.08 Å². The maximum Gasteiger partial charge on any atom is 0.335 e. The fourth-order valence-electron chi connectivity index (χ4n) is 2.10. The fraction of sp³-hybridized carbons (Fsp3) is 0.118. The quantitative estimate of drug-likeness (QED) is 0.428. The molecule has 0 aliphatic heterocycles. The van der Waals surface area contributed by atoms with Crippen LogP contribution in [0.15, 0.2) is 59.5 Å². The van der Waals surface area contributed by atoms with Crippen molar-refractivity contribution in [3.8, 4) is 11.5 Å². The van der Waals surface area contributed by atoms with Crippen LogP contribution in [0.25, 0.3) is 0 Å². The molecule has 0 aromatic heterocycles. The minimum Gasteiger partial charge on any atom is -0.478 e. The first-order valence-electron chi connectivity index (χ1n) is 7.45. The third-order valence-corrected chi connectivity index (χ3v) is 4.53. The number of rotatable bonds is 8. The van der Waals surface area contributed by atoms with Crippen LogP contribution in [-0.2, 0) is 10.0 Å². The number of aromatic carboxylic acids is 1. The SMILES string of the molecule is NS(=O)(=O)c1cc(C(=O)O)cc(NC/C=C/CBr)c1Oc1ccccc1. The Labute approximate surface area is 159 Å². The molecular weight excluding hydrogens is 424 g/mol. The van der Waals surface area contributed by atoms with Gasteiger partial charge >= 0.3 is 5.97 Å². The molecule has 0 fully saturated rings. The number of hydrogen-bond donors (Lipinski definition) is 3. The molecule has 0 bridgehead atoms. The van der Waals surface area contributed by atoms with E-state index in [0.717, 1.165) is 6.07 Å². The summed E-state index contributed by atoms with van der Waals surface area (Å²) in [6.45, 7) is 0.337. The molecule has 0 saturated carbocycles. The molecule has 0 aliphatic rings. The number of alkyl halides is 1. The van der Waals surface area contributed by atoms with E-state index in [1.54, 1.807) is 36.4 Å². The van der Waals surface area contributed by atoms with Gasteiger partial charge in [-0.1, -0.05) is 46.3 Å². The summed E-state index contributed by atoms with van der Waals surface area (Å²) in [5.74, 6) is -0.948. The topological polar surface area (TPSA) is 119 Å². The van der Waals surface area contributed by atoms with Gasteiger partial charge in [-0.3, -0.25) is 0 Å². The van der Waals surface area contributed by atoms with Crippen LogP contribution >= 0.6 is 15.9 Å². The van der Waals surface area contributed by atoms with Crippen LogP contribution in [0.4, 0.5) is 5.69 Å². The standard InChI is InChI=1S/C17H17BrN2O5S/c18-8-4-5-9-20-14-10-12(17(21)22)11-15(26(19,23)24)16(14)25-13-6-2-1-3-7-13/h1-7,10-11,20H,8-9H2,(H,21,22)(H2,19,23,24)/b5-4+. The van der Waals surface area contributed by atoms with Crippen LogP contribution in [0, 0.1) is 0 Å². The van der Waals surface area contributed by atoms with Crippen LogP contribution in [0.2, 0.25) is 0 Å². The number of anilines is 1. The van der Waals surface area contributed by atoms with Crippen molar-refractivity contribution >= 4 is 37.6 Å². The zero-order chi connectivity index (χ0) is 19.2. The predicted octanol–water partition coefficient (Wildman–Crippen LogP) is 3.19. The zero-order valence-corrected chi connectivity index (χ0v) is 16.0. The van der Waals surface area contributed by atoms with Gasteiger partial charge in [-0.05, 0) is 24.3 Å². The first kappa shape index (κ1) is 20.0. The van der Waals surface area contributed by atoms with Gasteiger partial charge in [0.25, 0.3) is 0 Å². The van der Waals surface area contributed by atoms with Crippen LogP contribution in [0.5, 0.6) is 11.5 Å². The average molecular weight is 441 g/mol. The molecule has 138 valence electrons. The lowest BCUT2D eigenvalue weighted by molar-refractivity contribution is 0.0696. The Morgan fingerprint density at radius 2 is 1.92 bits per heavy atom. The predicted molar refractivity (Wildman–Crippen MR) is 103 cm³/mol. The fourth-order valence-corrected chi connectivity index (χ4v) is 3.06. The number of halogens is 1. The smallest absolute Gasteiger partial charge is 0.335 e. The second kappa shape index (κ2) is 8.84. The summed E-state index contributed by atoms with van der Waals surface area (Å²) in [4.78, 5) is 10.9. The second-order valence-corrected chi connectivity index (χ2v) is 7.30. The highest BCUT2D eigenvalue weighted by atomic mass is 79.9. The Balaban J connectivity index is 2.58. The van der Waals surface area contributed by atoms with E-state index in [9.17, 15) is 18.3 Å². The lowest BCUT2D eigenvalue weighted by Gasteiger charge is -2.16. The molecule has 0 atom stereocenters. The van der Waals surface area contributed by atoms with Crippen molar-refractivity contribution in [3.63, 3.8) is 0 Å². The van der Waals surface area contributed by atoms with E-state index in [0.29, 0.717) is 17.6 Å². The van der Waals surface area contributed by atoms with Gasteiger partial charge in [0.05, 0.1) is 11.3 Å². The third-order valence-electron chi connectivity index (χ3n) is 3.24. The number of hydrogen-bond acceptors (Lipinski definition) is 5. The number of allylic oxidation sites excluding steroid dienone is 1. The molecule has 26 heavy (non-hydrogen) atoms. The minimum absolute atomic E-state index is 0.0593. The van der Waals surface area contributed by atoms with E-state index >= 15 is 0 Å². The first-order valence-corrected chi connectivity index (χ1v) is 10.1. The summed E-state index contributed by atoms with van der Waals surface area (Å²) in [6, 6.07) is 10.8. The van der Waals surface area contributed by atoms with Gasteiger partial charge in [0.15, 0.2) is 5.75 Å². The number of nitrogens with one attached hydrogen (secondary N) is 1. The van der Waals surface area contributed by atoms with Crippen molar-refractivity contribution < 1.29 is 23.1 Å². The Kier molecular flexibility index (Phi) is 6.78. The molecule has 0 aliphatic carbocycles. The van der Waals surface area contributed by atoms with E-state index in [-0.39, 0.29) is 17.0 Å². The van der Waals surface area contributed by atoms with E-state index < -0.39 is 20.9 Å². The van der Waals surface area contributed by atoms with E-state index in [4.69, 9.17) is 9.88 Å². The van der Waals surface area contributed by atoms with Crippen molar-refractivity contribution in [2.45, 2.75) is 4.90 Å². The molecule has 0 spiro atoms. The van der Waals surface area contributed by atoms with Crippen molar-refractivity contribution in [1.29, 1.82) is 0 Å².